The van der Waals surface area contributed by atoms with Gasteiger partial charge in [0, 0.05) is 18.0 Å². The van der Waals surface area contributed by atoms with E-state index in [0.29, 0.717) is 22.7 Å². The van der Waals surface area contributed by atoms with E-state index in [2.05, 4.69) is 20.6 Å². The molecule has 22 heavy (non-hydrogen) atoms. The maximum atomic E-state index is 9.18. The second kappa shape index (κ2) is 6.50. The molecule has 5 nitrogen and oxygen atoms in total. The van der Waals surface area contributed by atoms with Crippen LogP contribution in [0.4, 0.5) is 17.5 Å². The van der Waals surface area contributed by atoms with E-state index in [4.69, 9.17) is 11.6 Å². The lowest BCUT2D eigenvalue weighted by molar-refractivity contribution is 0.281. The second-order valence-electron chi connectivity index (χ2n) is 5.61. The number of aromatic nitrogens is 2. The van der Waals surface area contributed by atoms with Gasteiger partial charge in [-0.25, -0.2) is 4.98 Å². The lowest BCUT2D eigenvalue weighted by Gasteiger charge is -2.14. The first kappa shape index (κ1) is 15.1. The molecule has 1 aromatic carbocycles. The van der Waals surface area contributed by atoms with Gasteiger partial charge in [-0.2, -0.15) is 4.98 Å². The SMILES string of the molecule is C[C@@H](CO)Nc1nc(Nc2ccccc2Cl)cc(C2CC2)n1. The third kappa shape index (κ3) is 3.67. The molecule has 0 saturated heterocycles. The molecule has 1 saturated carbocycles. The number of aliphatic hydroxyl groups excluding tert-OH is 1. The number of halogens is 1. The maximum absolute atomic E-state index is 9.18. The standard InChI is InChI=1S/C16H19ClN4O/c1-10(9-22)18-16-20-14(11-6-7-11)8-15(21-16)19-13-5-3-2-4-12(13)17/h2-5,8,10-11,22H,6-7,9H2,1H3,(H2,18,19,20,21)/t10-/m0/s1. The average molecular weight is 319 g/mol. The van der Waals surface area contributed by atoms with Gasteiger partial charge in [0.25, 0.3) is 0 Å². The summed E-state index contributed by atoms with van der Waals surface area (Å²) < 4.78 is 0. The fourth-order valence-corrected chi connectivity index (χ4v) is 2.33. The summed E-state index contributed by atoms with van der Waals surface area (Å²) in [5.74, 6) is 1.75. The van der Waals surface area contributed by atoms with Crippen molar-refractivity contribution in [2.24, 2.45) is 0 Å². The Kier molecular flexibility index (Phi) is 4.45. The quantitative estimate of drug-likeness (QED) is 0.760. The zero-order chi connectivity index (χ0) is 15.5. The van der Waals surface area contributed by atoms with Crippen LogP contribution in [-0.4, -0.2) is 27.7 Å². The maximum Gasteiger partial charge on any atom is 0.225 e. The number of hydrogen-bond acceptors (Lipinski definition) is 5. The van der Waals surface area contributed by atoms with Gasteiger partial charge in [-0.1, -0.05) is 23.7 Å². The van der Waals surface area contributed by atoms with Crippen LogP contribution in [0.15, 0.2) is 30.3 Å². The molecule has 0 aliphatic heterocycles. The van der Waals surface area contributed by atoms with Gasteiger partial charge in [-0.05, 0) is 31.9 Å². The Morgan fingerprint density at radius 2 is 2.09 bits per heavy atom. The average Bonchev–Trinajstić information content (AvgIpc) is 3.34. The predicted octanol–water partition coefficient (Wildman–Crippen LogP) is 3.54. The molecule has 116 valence electrons. The van der Waals surface area contributed by atoms with Gasteiger partial charge in [0.1, 0.15) is 5.82 Å². The predicted molar refractivity (Wildman–Crippen MR) is 88.9 cm³/mol. The van der Waals surface area contributed by atoms with Gasteiger partial charge in [0.05, 0.1) is 23.0 Å². The molecular formula is C16H19ClN4O. The number of para-hydroxylation sites is 1. The molecule has 1 aliphatic rings. The molecule has 1 atom stereocenters. The molecular weight excluding hydrogens is 300 g/mol. The van der Waals surface area contributed by atoms with E-state index in [1.54, 1.807) is 0 Å². The van der Waals surface area contributed by atoms with E-state index in [9.17, 15) is 5.11 Å². The molecule has 3 rings (SSSR count). The van der Waals surface area contributed by atoms with Crippen LogP contribution in [0.2, 0.25) is 5.02 Å². The summed E-state index contributed by atoms with van der Waals surface area (Å²) in [6.45, 7) is 1.92. The highest BCUT2D eigenvalue weighted by Crippen LogP contribution is 2.40. The van der Waals surface area contributed by atoms with Crippen molar-refractivity contribution < 1.29 is 5.11 Å². The van der Waals surface area contributed by atoms with E-state index < -0.39 is 0 Å². The van der Waals surface area contributed by atoms with Crippen LogP contribution in [0.5, 0.6) is 0 Å². The van der Waals surface area contributed by atoms with Crippen LogP contribution in [-0.2, 0) is 0 Å². The van der Waals surface area contributed by atoms with Crippen LogP contribution in [0.1, 0.15) is 31.4 Å². The molecule has 0 amide bonds. The Morgan fingerprint density at radius 1 is 1.32 bits per heavy atom. The molecule has 1 aliphatic carbocycles. The first-order valence-corrected chi connectivity index (χ1v) is 7.81. The summed E-state index contributed by atoms with van der Waals surface area (Å²) >= 11 is 6.18. The van der Waals surface area contributed by atoms with Crippen molar-refractivity contribution in [2.75, 3.05) is 17.2 Å². The van der Waals surface area contributed by atoms with Crippen LogP contribution in [0, 0.1) is 0 Å². The summed E-state index contributed by atoms with van der Waals surface area (Å²) in [6.07, 6.45) is 2.33. The minimum Gasteiger partial charge on any atom is -0.394 e. The molecule has 0 radical (unpaired) electrons. The summed E-state index contributed by atoms with van der Waals surface area (Å²) in [5, 5.41) is 16.2. The molecule has 0 unspecified atom stereocenters. The summed E-state index contributed by atoms with van der Waals surface area (Å²) in [5.41, 5.74) is 1.84. The van der Waals surface area contributed by atoms with E-state index in [-0.39, 0.29) is 12.6 Å². The smallest absolute Gasteiger partial charge is 0.225 e. The fraction of sp³-hybridized carbons (Fsp3) is 0.375. The molecule has 2 aromatic rings. The Labute approximate surface area is 134 Å². The Bertz CT molecular complexity index is 660. The highest BCUT2D eigenvalue weighted by molar-refractivity contribution is 6.33. The zero-order valence-corrected chi connectivity index (χ0v) is 13.1. The number of aliphatic hydroxyl groups is 1. The Balaban J connectivity index is 1.87. The Morgan fingerprint density at radius 3 is 2.77 bits per heavy atom. The molecule has 6 heteroatoms. The molecule has 1 aromatic heterocycles. The van der Waals surface area contributed by atoms with Crippen LogP contribution in [0.3, 0.4) is 0 Å². The molecule has 1 fully saturated rings. The lowest BCUT2D eigenvalue weighted by Crippen LogP contribution is -2.21. The van der Waals surface area contributed by atoms with E-state index >= 15 is 0 Å². The lowest BCUT2D eigenvalue weighted by atomic mass is 10.2. The van der Waals surface area contributed by atoms with Crippen molar-refractivity contribution >= 4 is 29.1 Å². The summed E-state index contributed by atoms with van der Waals surface area (Å²) in [4.78, 5) is 9.01. The van der Waals surface area contributed by atoms with Gasteiger partial charge < -0.3 is 15.7 Å². The van der Waals surface area contributed by atoms with Crippen LogP contribution >= 0.6 is 11.6 Å². The van der Waals surface area contributed by atoms with Crippen LogP contribution < -0.4 is 10.6 Å². The van der Waals surface area contributed by atoms with Crippen molar-refractivity contribution in [1.29, 1.82) is 0 Å². The Hall–Kier alpha value is -1.85. The number of anilines is 3. The summed E-state index contributed by atoms with van der Waals surface area (Å²) in [6, 6.07) is 9.42. The highest BCUT2D eigenvalue weighted by atomic mass is 35.5. The third-order valence-corrected chi connectivity index (χ3v) is 3.86. The molecule has 1 heterocycles. The van der Waals surface area contributed by atoms with E-state index in [1.807, 2.05) is 37.3 Å². The normalized spacial score (nSPS) is 15.4. The molecule has 0 spiro atoms. The highest BCUT2D eigenvalue weighted by Gasteiger charge is 2.26. The minimum absolute atomic E-state index is 0.0320. The number of hydrogen-bond donors (Lipinski definition) is 3. The topological polar surface area (TPSA) is 70.1 Å². The van der Waals surface area contributed by atoms with Gasteiger partial charge in [-0.15, -0.1) is 0 Å². The minimum atomic E-state index is -0.0948. The largest absolute Gasteiger partial charge is 0.394 e. The van der Waals surface area contributed by atoms with Gasteiger partial charge in [0.2, 0.25) is 5.95 Å². The van der Waals surface area contributed by atoms with Crippen molar-refractivity contribution in [2.45, 2.75) is 31.7 Å². The zero-order valence-electron chi connectivity index (χ0n) is 12.4. The monoisotopic (exact) mass is 318 g/mol. The van der Waals surface area contributed by atoms with E-state index in [0.717, 1.165) is 24.2 Å². The number of benzene rings is 1. The second-order valence-corrected chi connectivity index (χ2v) is 6.02. The van der Waals surface area contributed by atoms with E-state index in [1.165, 1.54) is 0 Å². The first-order valence-electron chi connectivity index (χ1n) is 7.43. The fourth-order valence-electron chi connectivity index (χ4n) is 2.15. The number of rotatable bonds is 6. The van der Waals surface area contributed by atoms with Crippen molar-refractivity contribution in [1.82, 2.24) is 9.97 Å². The van der Waals surface area contributed by atoms with Gasteiger partial charge >= 0.3 is 0 Å². The van der Waals surface area contributed by atoms with Gasteiger partial charge in [-0.3, -0.25) is 0 Å². The molecule has 3 N–H and O–H groups in total. The van der Waals surface area contributed by atoms with Crippen molar-refractivity contribution in [3.63, 3.8) is 0 Å². The van der Waals surface area contributed by atoms with Crippen molar-refractivity contribution in [3.8, 4) is 0 Å². The molecule has 0 bridgehead atoms. The third-order valence-electron chi connectivity index (χ3n) is 3.53. The van der Waals surface area contributed by atoms with Crippen LogP contribution in [0.25, 0.3) is 0 Å². The van der Waals surface area contributed by atoms with Crippen molar-refractivity contribution in [3.05, 3.63) is 41.0 Å². The first-order chi connectivity index (χ1) is 10.7. The van der Waals surface area contributed by atoms with Gasteiger partial charge in [0.15, 0.2) is 0 Å². The number of nitrogens with one attached hydrogen (secondary N) is 2. The summed E-state index contributed by atoms with van der Waals surface area (Å²) in [7, 11) is 0. The number of nitrogens with zero attached hydrogens (tertiary/aromatic N) is 2.